The lowest BCUT2D eigenvalue weighted by molar-refractivity contribution is -0.137. The molecule has 0 amide bonds. The van der Waals surface area contributed by atoms with E-state index >= 15 is 0 Å². The Labute approximate surface area is 158 Å². The maximum Gasteiger partial charge on any atom is 0.417 e. The monoisotopic (exact) mass is 440 g/mol. The maximum absolute atomic E-state index is 12.6. The zero-order valence-corrected chi connectivity index (χ0v) is 15.9. The number of hydrogen-bond acceptors (Lipinski definition) is 6. The number of sulfonamides is 1. The van der Waals surface area contributed by atoms with Crippen LogP contribution in [0.25, 0.3) is 9.40 Å². The van der Waals surface area contributed by atoms with Crippen LogP contribution < -0.4 is 8.78 Å². The Bertz CT molecular complexity index is 1170. The fourth-order valence-corrected chi connectivity index (χ4v) is 5.82. The number of hydrogen-bond donors (Lipinski definition) is 1. The maximum atomic E-state index is 12.6. The largest absolute Gasteiger partial charge is 0.417 e. The van der Waals surface area contributed by atoms with Crippen LogP contribution in [0.3, 0.4) is 0 Å². The summed E-state index contributed by atoms with van der Waals surface area (Å²) in [4.78, 5) is 14.8. The molecule has 138 valence electrons. The summed E-state index contributed by atoms with van der Waals surface area (Å²) in [5.41, 5.74) is -0.715. The van der Waals surface area contributed by atoms with E-state index in [0.29, 0.717) is 27.2 Å². The van der Waals surface area contributed by atoms with Gasteiger partial charge in [-0.05, 0) is 30.7 Å². The number of pyridine rings is 1. The number of fused-ring (bicyclic) bond motifs is 1. The highest BCUT2D eigenvalue weighted by Crippen LogP contribution is 2.34. The number of nitrogens with zero attached hydrogens (tertiary/aromatic N) is 1. The van der Waals surface area contributed by atoms with E-state index in [1.165, 1.54) is 6.07 Å². The van der Waals surface area contributed by atoms with Gasteiger partial charge in [0.2, 0.25) is 0 Å². The minimum Gasteiger partial charge on any atom is -0.265 e. The molecule has 1 N–H and O–H groups in total. The summed E-state index contributed by atoms with van der Waals surface area (Å²) in [5.74, 6) is -0.419. The van der Waals surface area contributed by atoms with Crippen molar-refractivity contribution in [1.29, 1.82) is 0 Å². The molecule has 12 heteroatoms. The van der Waals surface area contributed by atoms with Crippen LogP contribution in [0, 0.1) is 6.92 Å². The molecule has 0 bridgehead atoms. The van der Waals surface area contributed by atoms with Crippen molar-refractivity contribution in [3.8, 4) is 0 Å². The fraction of sp³-hybridized carbons (Fsp3) is 0.143. The van der Waals surface area contributed by atoms with E-state index in [4.69, 9.17) is 11.6 Å². The summed E-state index contributed by atoms with van der Waals surface area (Å²) in [7, 11) is -4.17. The second-order valence-electron chi connectivity index (χ2n) is 5.18. The van der Waals surface area contributed by atoms with Crippen molar-refractivity contribution in [3.63, 3.8) is 0 Å². The van der Waals surface area contributed by atoms with Crippen LogP contribution >= 0.6 is 34.3 Å². The molecule has 1 aromatic carbocycles. The number of halogens is 4. The van der Waals surface area contributed by atoms with E-state index in [9.17, 15) is 26.4 Å². The fourth-order valence-electron chi connectivity index (χ4n) is 2.14. The standard InChI is InChI=1S/C14H8ClF3N2O3S3/c1-6-2-9-10(25-13(21)24-9)4-11(6)26(22,23)20-12-8(15)3-7(5-19-12)14(16,17)18/h2-5H,1H3,(H,19,20). The second-order valence-corrected chi connectivity index (χ2v) is 9.52. The first kappa shape index (κ1) is 19.1. The van der Waals surface area contributed by atoms with Gasteiger partial charge >= 0.3 is 6.18 Å². The highest BCUT2D eigenvalue weighted by Gasteiger charge is 2.32. The first-order valence-corrected chi connectivity index (χ1v) is 10.3. The van der Waals surface area contributed by atoms with Crippen LogP contribution in [-0.4, -0.2) is 13.4 Å². The number of aromatic nitrogens is 1. The number of alkyl halides is 3. The Morgan fingerprint density at radius 2 is 1.77 bits per heavy atom. The van der Waals surface area contributed by atoms with Crippen LogP contribution in [0.15, 0.2) is 34.1 Å². The van der Waals surface area contributed by atoms with E-state index in [1.807, 2.05) is 0 Å². The van der Waals surface area contributed by atoms with Crippen LogP contribution in [0.4, 0.5) is 19.0 Å². The van der Waals surface area contributed by atoms with Crippen molar-refractivity contribution in [3.05, 3.63) is 49.4 Å². The van der Waals surface area contributed by atoms with Gasteiger partial charge in [0.25, 0.3) is 14.1 Å². The Kier molecular flexibility index (Phi) is 4.76. The highest BCUT2D eigenvalue weighted by molar-refractivity contribution is 7.92. The van der Waals surface area contributed by atoms with Gasteiger partial charge in [0, 0.05) is 10.9 Å². The lowest BCUT2D eigenvalue weighted by Crippen LogP contribution is -2.16. The summed E-state index contributed by atoms with van der Waals surface area (Å²) >= 11 is 7.65. The third-order valence-corrected chi connectivity index (χ3v) is 7.16. The molecule has 0 saturated heterocycles. The average molecular weight is 441 g/mol. The smallest absolute Gasteiger partial charge is 0.265 e. The van der Waals surface area contributed by atoms with Crippen molar-refractivity contribution in [2.45, 2.75) is 18.0 Å². The molecule has 0 spiro atoms. The predicted molar refractivity (Wildman–Crippen MR) is 95.8 cm³/mol. The molecule has 0 unspecified atom stereocenters. The van der Waals surface area contributed by atoms with Crippen LogP contribution in [0.1, 0.15) is 11.1 Å². The molecule has 0 saturated carbocycles. The van der Waals surface area contributed by atoms with E-state index in [2.05, 4.69) is 9.71 Å². The minimum absolute atomic E-state index is 0.114. The van der Waals surface area contributed by atoms with Gasteiger partial charge in [0.1, 0.15) is 0 Å². The van der Waals surface area contributed by atoms with Crippen molar-refractivity contribution in [2.24, 2.45) is 0 Å². The third kappa shape index (κ3) is 3.70. The Morgan fingerprint density at radius 3 is 2.35 bits per heavy atom. The van der Waals surface area contributed by atoms with Gasteiger partial charge in [-0.15, -0.1) is 0 Å². The summed E-state index contributed by atoms with van der Waals surface area (Å²) in [5, 5.41) is -0.484. The molecule has 26 heavy (non-hydrogen) atoms. The first-order valence-electron chi connectivity index (χ1n) is 6.77. The molecule has 5 nitrogen and oxygen atoms in total. The van der Waals surface area contributed by atoms with E-state index in [0.717, 1.165) is 22.7 Å². The quantitative estimate of drug-likeness (QED) is 0.650. The minimum atomic E-state index is -4.65. The molecule has 0 aliphatic heterocycles. The number of aryl methyl sites for hydroxylation is 1. The molecule has 2 aromatic heterocycles. The SMILES string of the molecule is Cc1cc2sc(=O)sc2cc1S(=O)(=O)Nc1ncc(C(F)(F)F)cc1Cl. The summed E-state index contributed by atoms with van der Waals surface area (Å²) in [6.45, 7) is 1.55. The Hall–Kier alpha value is -1.69. The van der Waals surface area contributed by atoms with E-state index < -0.39 is 32.6 Å². The number of benzene rings is 1. The molecule has 0 fully saturated rings. The van der Waals surface area contributed by atoms with Gasteiger partial charge in [-0.3, -0.25) is 9.52 Å². The van der Waals surface area contributed by atoms with Gasteiger partial charge < -0.3 is 0 Å². The van der Waals surface area contributed by atoms with Gasteiger partial charge in [-0.1, -0.05) is 34.3 Å². The van der Waals surface area contributed by atoms with Crippen molar-refractivity contribution >= 4 is 59.5 Å². The number of rotatable bonds is 3. The molecular weight excluding hydrogens is 433 g/mol. The summed E-state index contributed by atoms with van der Waals surface area (Å²) < 4.78 is 66.2. The number of anilines is 1. The second kappa shape index (κ2) is 6.48. The van der Waals surface area contributed by atoms with Gasteiger partial charge in [-0.2, -0.15) is 13.2 Å². The lowest BCUT2D eigenvalue weighted by Gasteiger charge is -2.12. The Morgan fingerprint density at radius 1 is 1.15 bits per heavy atom. The zero-order chi connectivity index (χ0) is 19.3. The normalized spacial score (nSPS) is 12.5. The summed E-state index contributed by atoms with van der Waals surface area (Å²) in [6, 6.07) is 3.49. The predicted octanol–water partition coefficient (Wildman–Crippen LogP) is 4.50. The van der Waals surface area contributed by atoms with Crippen LogP contribution in [0.2, 0.25) is 5.02 Å². The third-order valence-electron chi connectivity index (χ3n) is 3.32. The first-order chi connectivity index (χ1) is 12.0. The van der Waals surface area contributed by atoms with Crippen molar-refractivity contribution < 1.29 is 21.6 Å². The van der Waals surface area contributed by atoms with Gasteiger partial charge in [-0.25, -0.2) is 13.4 Å². The van der Waals surface area contributed by atoms with Crippen molar-refractivity contribution in [2.75, 3.05) is 4.72 Å². The summed E-state index contributed by atoms with van der Waals surface area (Å²) in [6.07, 6.45) is -4.16. The lowest BCUT2D eigenvalue weighted by atomic mass is 10.2. The molecule has 0 aliphatic carbocycles. The van der Waals surface area contributed by atoms with Gasteiger partial charge in [0.05, 0.1) is 20.2 Å². The molecular formula is C14H8ClF3N2O3S3. The van der Waals surface area contributed by atoms with Crippen LogP contribution in [-0.2, 0) is 16.2 Å². The number of nitrogens with one attached hydrogen (secondary N) is 1. The Balaban J connectivity index is 2.02. The average Bonchev–Trinajstić information content (AvgIpc) is 2.86. The van der Waals surface area contributed by atoms with Gasteiger partial charge in [0.15, 0.2) is 5.82 Å². The van der Waals surface area contributed by atoms with E-state index in [1.54, 1.807) is 13.0 Å². The highest BCUT2D eigenvalue weighted by atomic mass is 35.5. The molecule has 0 aliphatic rings. The van der Waals surface area contributed by atoms with Crippen LogP contribution in [0.5, 0.6) is 0 Å². The molecule has 0 radical (unpaired) electrons. The molecule has 0 atom stereocenters. The van der Waals surface area contributed by atoms with E-state index in [-0.39, 0.29) is 8.95 Å². The molecule has 3 aromatic rings. The zero-order valence-electron chi connectivity index (χ0n) is 12.7. The topological polar surface area (TPSA) is 76.1 Å². The van der Waals surface area contributed by atoms with Crippen molar-refractivity contribution in [1.82, 2.24) is 4.98 Å². The molecule has 3 rings (SSSR count). The molecule has 2 heterocycles.